The van der Waals surface area contributed by atoms with Crippen LogP contribution in [0.3, 0.4) is 0 Å². The zero-order chi connectivity index (χ0) is 9.10. The van der Waals surface area contributed by atoms with Crippen LogP contribution in [0.1, 0.15) is 0 Å². The predicted octanol–water partition coefficient (Wildman–Crippen LogP) is 3.95. The fourth-order valence-corrected chi connectivity index (χ4v) is 2.79. The topological polar surface area (TPSA) is 12.9 Å². The molecule has 0 radical (unpaired) electrons. The predicted molar refractivity (Wildman–Crippen MR) is 57.7 cm³/mol. The Morgan fingerprint density at radius 2 is 2.15 bits per heavy atom. The van der Waals surface area contributed by atoms with Crippen molar-refractivity contribution in [3.63, 3.8) is 0 Å². The van der Waals surface area contributed by atoms with Gasteiger partial charge in [-0.15, -0.1) is 11.3 Å². The quantitative estimate of drug-likeness (QED) is 0.721. The van der Waals surface area contributed by atoms with Crippen molar-refractivity contribution in [1.82, 2.24) is 4.98 Å². The summed E-state index contributed by atoms with van der Waals surface area (Å²) in [5.74, 6) is 0. The molecule has 0 amide bonds. The second kappa shape index (κ2) is 4.13. The van der Waals surface area contributed by atoms with Gasteiger partial charge in [0.15, 0.2) is 0 Å². The average molecular weight is 228 g/mol. The molecule has 0 spiro atoms. The van der Waals surface area contributed by atoms with E-state index in [4.69, 9.17) is 11.6 Å². The molecule has 0 fully saturated rings. The van der Waals surface area contributed by atoms with Crippen molar-refractivity contribution in [3.8, 4) is 0 Å². The number of halogens is 1. The lowest BCUT2D eigenvalue weighted by Crippen LogP contribution is -1.77. The summed E-state index contributed by atoms with van der Waals surface area (Å²) in [5.41, 5.74) is 0. The largest absolute Gasteiger partial charge is 0.229 e. The molecule has 0 atom stereocenters. The minimum absolute atomic E-state index is 0.543. The lowest BCUT2D eigenvalue weighted by atomic mass is 10.5. The van der Waals surface area contributed by atoms with E-state index in [0.717, 1.165) is 5.03 Å². The molecule has 2 aromatic heterocycles. The molecule has 4 heteroatoms. The molecule has 0 aromatic carbocycles. The van der Waals surface area contributed by atoms with Crippen LogP contribution in [0, 0.1) is 0 Å². The first-order valence-electron chi connectivity index (χ1n) is 3.68. The minimum atomic E-state index is 0.543. The van der Waals surface area contributed by atoms with E-state index in [2.05, 4.69) is 11.1 Å². The Morgan fingerprint density at radius 1 is 1.23 bits per heavy atom. The maximum Gasteiger partial charge on any atom is 0.130 e. The highest BCUT2D eigenvalue weighted by molar-refractivity contribution is 8.01. The van der Waals surface area contributed by atoms with Crippen molar-refractivity contribution in [2.75, 3.05) is 0 Å². The summed E-state index contributed by atoms with van der Waals surface area (Å²) in [4.78, 5) is 4.18. The fraction of sp³-hybridized carbons (Fsp3) is 0. The summed E-state index contributed by atoms with van der Waals surface area (Å²) >= 11 is 9.10. The number of pyridine rings is 1. The Labute approximate surface area is 89.8 Å². The molecule has 0 saturated carbocycles. The van der Waals surface area contributed by atoms with Crippen molar-refractivity contribution >= 4 is 34.7 Å². The first-order chi connectivity index (χ1) is 6.34. The van der Waals surface area contributed by atoms with E-state index in [-0.39, 0.29) is 0 Å². The lowest BCUT2D eigenvalue weighted by Gasteiger charge is -1.96. The molecule has 0 aliphatic heterocycles. The maximum atomic E-state index is 5.76. The molecule has 2 aromatic rings. The van der Waals surface area contributed by atoms with Gasteiger partial charge in [-0.3, -0.25) is 0 Å². The molecule has 0 unspecified atom stereocenters. The van der Waals surface area contributed by atoms with Crippen LogP contribution in [-0.4, -0.2) is 4.98 Å². The molecular weight excluding hydrogens is 222 g/mol. The second-order valence-corrected chi connectivity index (χ2v) is 4.99. The number of rotatable bonds is 2. The van der Waals surface area contributed by atoms with Gasteiger partial charge in [-0.25, -0.2) is 4.98 Å². The van der Waals surface area contributed by atoms with Crippen LogP contribution in [0.5, 0.6) is 0 Å². The van der Waals surface area contributed by atoms with Gasteiger partial charge >= 0.3 is 0 Å². The maximum absolute atomic E-state index is 5.76. The Hall–Kier alpha value is -0.510. The first-order valence-corrected chi connectivity index (χ1v) is 5.76. The lowest BCUT2D eigenvalue weighted by molar-refractivity contribution is 1.14. The van der Waals surface area contributed by atoms with E-state index in [1.54, 1.807) is 29.2 Å². The van der Waals surface area contributed by atoms with Gasteiger partial charge in [0.25, 0.3) is 0 Å². The van der Waals surface area contributed by atoms with Crippen LogP contribution < -0.4 is 0 Å². The number of aromatic nitrogens is 1. The SMILES string of the molecule is Clc1cccc(Sc2cccs2)n1. The fourth-order valence-electron chi connectivity index (χ4n) is 0.871. The smallest absolute Gasteiger partial charge is 0.130 e. The molecule has 13 heavy (non-hydrogen) atoms. The minimum Gasteiger partial charge on any atom is -0.229 e. The molecule has 2 rings (SSSR count). The van der Waals surface area contributed by atoms with Crippen LogP contribution >= 0.6 is 34.7 Å². The second-order valence-electron chi connectivity index (χ2n) is 2.33. The van der Waals surface area contributed by atoms with Gasteiger partial charge in [0.1, 0.15) is 10.2 Å². The van der Waals surface area contributed by atoms with E-state index < -0.39 is 0 Å². The highest BCUT2D eigenvalue weighted by Gasteiger charge is 1.99. The summed E-state index contributed by atoms with van der Waals surface area (Å²) < 4.78 is 1.23. The van der Waals surface area contributed by atoms with Crippen LogP contribution in [0.4, 0.5) is 0 Å². The van der Waals surface area contributed by atoms with Crippen LogP contribution in [0.25, 0.3) is 0 Å². The van der Waals surface area contributed by atoms with Crippen LogP contribution in [-0.2, 0) is 0 Å². The van der Waals surface area contributed by atoms with Gasteiger partial charge in [0.05, 0.1) is 4.21 Å². The third-order valence-corrected chi connectivity index (χ3v) is 3.57. The molecule has 0 N–H and O–H groups in total. The molecule has 0 saturated heterocycles. The average Bonchev–Trinajstić information content (AvgIpc) is 2.57. The van der Waals surface area contributed by atoms with Gasteiger partial charge < -0.3 is 0 Å². The van der Waals surface area contributed by atoms with Gasteiger partial charge in [0.2, 0.25) is 0 Å². The first kappa shape index (κ1) is 9.06. The third kappa shape index (κ3) is 2.46. The summed E-state index contributed by atoms with van der Waals surface area (Å²) in [6, 6.07) is 9.73. The van der Waals surface area contributed by atoms with E-state index in [1.165, 1.54) is 4.21 Å². The Morgan fingerprint density at radius 3 is 2.85 bits per heavy atom. The van der Waals surface area contributed by atoms with Gasteiger partial charge in [-0.2, -0.15) is 0 Å². The van der Waals surface area contributed by atoms with Gasteiger partial charge in [-0.05, 0) is 23.6 Å². The Kier molecular flexibility index (Phi) is 2.88. The van der Waals surface area contributed by atoms with Crippen LogP contribution in [0.2, 0.25) is 5.15 Å². The Balaban J connectivity index is 2.19. The Bertz CT molecular complexity index is 386. The highest BCUT2D eigenvalue weighted by Crippen LogP contribution is 2.30. The summed E-state index contributed by atoms with van der Waals surface area (Å²) in [6.45, 7) is 0. The van der Waals surface area contributed by atoms with Gasteiger partial charge in [-0.1, -0.05) is 35.5 Å². The van der Waals surface area contributed by atoms with Gasteiger partial charge in [0, 0.05) is 0 Å². The third-order valence-electron chi connectivity index (χ3n) is 1.39. The van der Waals surface area contributed by atoms with Crippen LogP contribution in [0.15, 0.2) is 44.9 Å². The zero-order valence-electron chi connectivity index (χ0n) is 6.61. The monoisotopic (exact) mass is 227 g/mol. The van der Waals surface area contributed by atoms with Crippen molar-refractivity contribution in [3.05, 3.63) is 40.9 Å². The van der Waals surface area contributed by atoms with E-state index in [9.17, 15) is 0 Å². The van der Waals surface area contributed by atoms with E-state index in [0.29, 0.717) is 5.15 Å². The molecule has 1 nitrogen and oxygen atoms in total. The van der Waals surface area contributed by atoms with Crippen molar-refractivity contribution < 1.29 is 0 Å². The standard InChI is InChI=1S/C9H6ClNS2/c10-7-3-1-4-8(11-7)13-9-5-2-6-12-9/h1-6H. The molecule has 0 aliphatic rings. The molecule has 0 aliphatic carbocycles. The summed E-state index contributed by atoms with van der Waals surface area (Å²) in [5, 5.41) is 3.53. The summed E-state index contributed by atoms with van der Waals surface area (Å²) in [7, 11) is 0. The zero-order valence-corrected chi connectivity index (χ0v) is 8.99. The highest BCUT2D eigenvalue weighted by atomic mass is 35.5. The van der Waals surface area contributed by atoms with Crippen molar-refractivity contribution in [1.29, 1.82) is 0 Å². The summed E-state index contributed by atoms with van der Waals surface area (Å²) in [6.07, 6.45) is 0. The number of hydrogen-bond acceptors (Lipinski definition) is 3. The number of hydrogen-bond donors (Lipinski definition) is 0. The van der Waals surface area contributed by atoms with E-state index >= 15 is 0 Å². The number of nitrogens with zero attached hydrogens (tertiary/aromatic N) is 1. The molecule has 2 heterocycles. The van der Waals surface area contributed by atoms with Crippen molar-refractivity contribution in [2.45, 2.75) is 9.24 Å². The molecule has 66 valence electrons. The van der Waals surface area contributed by atoms with E-state index in [1.807, 2.05) is 23.6 Å². The molecular formula is C9H6ClNS2. The molecule has 0 bridgehead atoms. The normalized spacial score (nSPS) is 10.2. The number of thiophene rings is 1. The van der Waals surface area contributed by atoms with Crippen molar-refractivity contribution in [2.24, 2.45) is 0 Å².